The molecule has 7 rings (SSSR count). The number of fused-ring (bicyclic) bond motifs is 4. The molecule has 14 heteroatoms. The van der Waals surface area contributed by atoms with Crippen LogP contribution < -0.4 is 5.32 Å². The van der Waals surface area contributed by atoms with Crippen molar-refractivity contribution in [1.29, 1.82) is 0 Å². The first kappa shape index (κ1) is 27.2. The number of pyridine rings is 1. The molecule has 220 valence electrons. The Morgan fingerprint density at radius 1 is 1.07 bits per heavy atom. The van der Waals surface area contributed by atoms with Crippen molar-refractivity contribution in [3.63, 3.8) is 0 Å². The van der Waals surface area contributed by atoms with Gasteiger partial charge >= 0.3 is 0 Å². The van der Waals surface area contributed by atoms with Gasteiger partial charge in [-0.25, -0.2) is 27.5 Å². The van der Waals surface area contributed by atoms with Crippen molar-refractivity contribution in [3.8, 4) is 11.1 Å². The molecule has 3 atom stereocenters. The molecule has 0 spiro atoms. The number of carbonyl (C=O) groups excluding carboxylic acids is 1. The highest BCUT2D eigenvalue weighted by Gasteiger charge is 2.67. The zero-order valence-electron chi connectivity index (χ0n) is 22.1. The number of hydrogen-bond acceptors (Lipinski definition) is 6. The number of halogens is 6. The quantitative estimate of drug-likeness (QED) is 0.282. The maximum absolute atomic E-state index is 15.0. The first-order chi connectivity index (χ1) is 20.6. The topological polar surface area (TPSA) is 98.0 Å². The minimum atomic E-state index is -3.40. The molecule has 1 aromatic carbocycles. The summed E-state index contributed by atoms with van der Waals surface area (Å²) in [6.07, 6.45) is 2.83. The second-order valence-electron chi connectivity index (χ2n) is 10.8. The minimum Gasteiger partial charge on any atom is -0.346 e. The number of alkyl halides is 4. The summed E-state index contributed by atoms with van der Waals surface area (Å²) >= 11 is 0. The predicted octanol–water partition coefficient (Wildman–Crippen LogP) is 5.19. The number of aromatic nitrogens is 5. The normalized spacial score (nSPS) is 19.7. The van der Waals surface area contributed by atoms with Gasteiger partial charge in [0, 0.05) is 52.8 Å². The Bertz CT molecular complexity index is 1790. The summed E-state index contributed by atoms with van der Waals surface area (Å²) in [7, 11) is 0. The van der Waals surface area contributed by atoms with E-state index in [1.54, 1.807) is 12.4 Å². The van der Waals surface area contributed by atoms with Crippen LogP contribution in [0.5, 0.6) is 0 Å². The summed E-state index contributed by atoms with van der Waals surface area (Å²) < 4.78 is 86.4. The van der Waals surface area contributed by atoms with Crippen LogP contribution in [-0.4, -0.2) is 36.9 Å². The maximum atomic E-state index is 15.0. The lowest BCUT2D eigenvalue weighted by atomic mass is 9.96. The Balaban J connectivity index is 1.24. The predicted molar refractivity (Wildman–Crippen MR) is 139 cm³/mol. The summed E-state index contributed by atoms with van der Waals surface area (Å²) in [5.74, 6) is -7.71. The third kappa shape index (κ3) is 4.74. The van der Waals surface area contributed by atoms with Gasteiger partial charge in [0.1, 0.15) is 35.9 Å². The van der Waals surface area contributed by atoms with Crippen LogP contribution in [0.4, 0.5) is 26.3 Å². The number of amides is 1. The second-order valence-corrected chi connectivity index (χ2v) is 10.8. The molecule has 4 aromatic rings. The first-order valence-electron chi connectivity index (χ1n) is 13.4. The lowest BCUT2D eigenvalue weighted by Crippen LogP contribution is -2.35. The van der Waals surface area contributed by atoms with Gasteiger partial charge < -0.3 is 5.32 Å². The molecule has 4 heterocycles. The lowest BCUT2D eigenvalue weighted by Gasteiger charge is -2.22. The molecular formula is C29H21F6N7O. The Hall–Kier alpha value is -4.62. The van der Waals surface area contributed by atoms with E-state index in [0.29, 0.717) is 28.4 Å². The largest absolute Gasteiger partial charge is 0.346 e. The van der Waals surface area contributed by atoms with Crippen molar-refractivity contribution in [2.45, 2.75) is 50.2 Å². The Morgan fingerprint density at radius 3 is 2.63 bits per heavy atom. The van der Waals surface area contributed by atoms with E-state index in [1.165, 1.54) is 12.5 Å². The van der Waals surface area contributed by atoms with Gasteiger partial charge in [-0.2, -0.15) is 13.9 Å². The number of hydrogen-bond donors (Lipinski definition) is 1. The zero-order valence-corrected chi connectivity index (χ0v) is 22.1. The molecule has 3 aromatic heterocycles. The summed E-state index contributed by atoms with van der Waals surface area (Å²) in [5.41, 5.74) is 1.42. The fourth-order valence-electron chi connectivity index (χ4n) is 6.10. The van der Waals surface area contributed by atoms with E-state index in [9.17, 15) is 22.4 Å². The van der Waals surface area contributed by atoms with Gasteiger partial charge in [-0.1, -0.05) is 0 Å². The molecule has 1 N–H and O–H groups in total. The van der Waals surface area contributed by atoms with E-state index in [2.05, 4.69) is 30.4 Å². The van der Waals surface area contributed by atoms with Crippen molar-refractivity contribution in [2.75, 3.05) is 0 Å². The van der Waals surface area contributed by atoms with Crippen LogP contribution in [-0.2, 0) is 30.2 Å². The summed E-state index contributed by atoms with van der Waals surface area (Å²) in [4.78, 5) is 30.4. The van der Waals surface area contributed by atoms with Gasteiger partial charge in [-0.15, -0.1) is 0 Å². The highest BCUT2D eigenvalue weighted by molar-refractivity contribution is 5.86. The van der Waals surface area contributed by atoms with E-state index in [1.807, 2.05) is 6.07 Å². The first-order valence-corrected chi connectivity index (χ1v) is 13.4. The van der Waals surface area contributed by atoms with Crippen LogP contribution in [0.1, 0.15) is 64.3 Å². The summed E-state index contributed by atoms with van der Waals surface area (Å²) in [6.45, 7) is -0.349. The zero-order chi connectivity index (χ0) is 30.0. The number of carbonyl (C=O) groups is 1. The van der Waals surface area contributed by atoms with E-state index < -0.39 is 65.7 Å². The maximum Gasteiger partial charge on any atom is 0.293 e. The van der Waals surface area contributed by atoms with Crippen LogP contribution in [0.3, 0.4) is 0 Å². The van der Waals surface area contributed by atoms with Crippen LogP contribution in [0.2, 0.25) is 0 Å². The highest BCUT2D eigenvalue weighted by atomic mass is 19.3. The molecule has 0 radical (unpaired) electrons. The highest BCUT2D eigenvalue weighted by Crippen LogP contribution is 2.68. The molecule has 43 heavy (non-hydrogen) atoms. The average molecular weight is 598 g/mol. The average Bonchev–Trinajstić information content (AvgIpc) is 3.36. The fourth-order valence-corrected chi connectivity index (χ4v) is 6.10. The smallest absolute Gasteiger partial charge is 0.293 e. The van der Waals surface area contributed by atoms with Crippen LogP contribution >= 0.6 is 0 Å². The van der Waals surface area contributed by atoms with Crippen molar-refractivity contribution in [3.05, 3.63) is 94.1 Å². The Morgan fingerprint density at radius 2 is 1.86 bits per heavy atom. The Labute approximate surface area is 239 Å². The number of rotatable bonds is 8. The van der Waals surface area contributed by atoms with Gasteiger partial charge in [0.15, 0.2) is 0 Å². The third-order valence-electron chi connectivity index (χ3n) is 8.02. The van der Waals surface area contributed by atoms with Gasteiger partial charge in [0.05, 0.1) is 24.0 Å². The van der Waals surface area contributed by atoms with Crippen molar-refractivity contribution in [2.24, 2.45) is 10.9 Å². The molecule has 2 aliphatic carbocycles. The lowest BCUT2D eigenvalue weighted by molar-refractivity contribution is -0.123. The third-order valence-corrected chi connectivity index (χ3v) is 8.02. The molecule has 1 aliphatic heterocycles. The van der Waals surface area contributed by atoms with Crippen LogP contribution in [0.15, 0.2) is 48.0 Å². The van der Waals surface area contributed by atoms with Gasteiger partial charge in [-0.3, -0.25) is 19.5 Å². The Kier molecular flexibility index (Phi) is 6.32. The molecule has 1 saturated carbocycles. The number of aliphatic imine (C=N–C) groups is 1. The van der Waals surface area contributed by atoms with Crippen LogP contribution in [0, 0.1) is 17.6 Å². The minimum absolute atomic E-state index is 0.0871. The number of nitrogens with zero attached hydrogens (tertiary/aromatic N) is 6. The van der Waals surface area contributed by atoms with E-state index in [4.69, 9.17) is 0 Å². The molecule has 1 fully saturated rings. The van der Waals surface area contributed by atoms with Gasteiger partial charge in [-0.05, 0) is 42.5 Å². The van der Waals surface area contributed by atoms with Gasteiger partial charge in [0.2, 0.25) is 5.91 Å². The van der Waals surface area contributed by atoms with Crippen molar-refractivity contribution < 1.29 is 31.1 Å². The number of nitrogens with one attached hydrogen (secondary N) is 1. The molecule has 1 amide bonds. The van der Waals surface area contributed by atoms with Crippen molar-refractivity contribution in [1.82, 2.24) is 30.0 Å². The van der Waals surface area contributed by atoms with Crippen LogP contribution in [0.25, 0.3) is 11.1 Å². The monoisotopic (exact) mass is 597 g/mol. The SMILES string of the molecule is O=C(Cn1nc(C(F)F)c2c1C(F)(F)C1CC21)N[C@@H](Cc1cc(F)cc(F)c1)c1ncncc1-c1cnc2c(c1)C=NC2. The second kappa shape index (κ2) is 9.99. The summed E-state index contributed by atoms with van der Waals surface area (Å²) in [5, 5.41) is 6.41. The number of benzene rings is 1. The standard InChI is InChI=1S/C29H21F6N7O/c30-16-1-13(2-17(31)5-16)3-21(25-19(9-37-12-39-25)14-4-15-7-36-10-22(15)38-8-14)40-23(43)11-42-27-24(26(41-42)28(32)33)18-6-20(18)29(27,34)35/h1-2,4-5,7-9,12,18,20-21,28H,3,6,10-11H2,(H,40,43)/t18?,20?,21-/m0/s1. The van der Waals surface area contributed by atoms with Crippen molar-refractivity contribution >= 4 is 12.1 Å². The van der Waals surface area contributed by atoms with Gasteiger partial charge in [0.25, 0.3) is 12.3 Å². The molecular weight excluding hydrogens is 576 g/mol. The molecule has 0 saturated heterocycles. The molecule has 0 bridgehead atoms. The fraction of sp³-hybridized carbons (Fsp3) is 0.310. The molecule has 2 unspecified atom stereocenters. The van der Waals surface area contributed by atoms with E-state index >= 15 is 8.78 Å². The van der Waals surface area contributed by atoms with E-state index in [-0.39, 0.29) is 29.7 Å². The summed E-state index contributed by atoms with van der Waals surface area (Å²) in [6, 6.07) is 3.67. The van der Waals surface area contributed by atoms with E-state index in [0.717, 1.165) is 23.4 Å². The molecule has 3 aliphatic rings. The molecule has 8 nitrogen and oxygen atoms in total.